The molecule has 2 aromatic carbocycles. The molecule has 0 heterocycles. The van der Waals surface area contributed by atoms with E-state index in [-0.39, 0.29) is 17.7 Å². The van der Waals surface area contributed by atoms with Crippen molar-refractivity contribution in [3.05, 3.63) is 62.8 Å². The molecule has 0 bridgehead atoms. The fourth-order valence-electron chi connectivity index (χ4n) is 1.99. The van der Waals surface area contributed by atoms with Crippen LogP contribution in [0, 0.1) is 5.82 Å². The van der Waals surface area contributed by atoms with Crippen LogP contribution in [0.5, 0.6) is 5.75 Å². The molecule has 0 amide bonds. The van der Waals surface area contributed by atoms with Crippen molar-refractivity contribution in [1.29, 1.82) is 0 Å². The molecule has 0 aromatic heterocycles. The van der Waals surface area contributed by atoms with Crippen LogP contribution in [-0.2, 0) is 13.0 Å². The van der Waals surface area contributed by atoms with Gasteiger partial charge in [-0.1, -0.05) is 33.6 Å². The van der Waals surface area contributed by atoms with E-state index in [1.807, 2.05) is 25.1 Å². The predicted octanol–water partition coefficient (Wildman–Crippen LogP) is 4.71. The minimum absolute atomic E-state index is 0.0367. The SMILES string of the molecule is CC(N)Cc1cc(Br)ccc1OCc1ccc(Cl)c(F)c1. The van der Waals surface area contributed by atoms with Crippen LogP contribution in [0.25, 0.3) is 0 Å². The van der Waals surface area contributed by atoms with Gasteiger partial charge in [0, 0.05) is 10.5 Å². The topological polar surface area (TPSA) is 35.2 Å². The highest BCUT2D eigenvalue weighted by Gasteiger charge is 2.08. The highest BCUT2D eigenvalue weighted by molar-refractivity contribution is 9.10. The number of hydrogen-bond donors (Lipinski definition) is 1. The Balaban J connectivity index is 2.13. The Morgan fingerprint density at radius 1 is 1.29 bits per heavy atom. The van der Waals surface area contributed by atoms with Crippen molar-refractivity contribution in [3.63, 3.8) is 0 Å². The van der Waals surface area contributed by atoms with Crippen molar-refractivity contribution in [1.82, 2.24) is 0 Å². The molecule has 0 spiro atoms. The van der Waals surface area contributed by atoms with E-state index in [0.29, 0.717) is 6.42 Å². The molecule has 0 aliphatic carbocycles. The van der Waals surface area contributed by atoms with Crippen molar-refractivity contribution in [2.75, 3.05) is 0 Å². The van der Waals surface area contributed by atoms with Crippen LogP contribution < -0.4 is 10.5 Å². The lowest BCUT2D eigenvalue weighted by Gasteiger charge is -2.14. The van der Waals surface area contributed by atoms with Gasteiger partial charge >= 0.3 is 0 Å². The maximum Gasteiger partial charge on any atom is 0.142 e. The van der Waals surface area contributed by atoms with Gasteiger partial charge in [-0.25, -0.2) is 4.39 Å². The maximum absolute atomic E-state index is 13.4. The lowest BCUT2D eigenvalue weighted by atomic mass is 10.1. The van der Waals surface area contributed by atoms with Crippen LogP contribution in [-0.4, -0.2) is 6.04 Å². The Hall–Kier alpha value is -1.10. The summed E-state index contributed by atoms with van der Waals surface area (Å²) in [6.07, 6.45) is 0.712. The Labute approximate surface area is 137 Å². The van der Waals surface area contributed by atoms with Crippen molar-refractivity contribution in [2.45, 2.75) is 26.0 Å². The predicted molar refractivity (Wildman–Crippen MR) is 87.2 cm³/mol. The average molecular weight is 373 g/mol. The molecular weight excluding hydrogens is 357 g/mol. The molecule has 0 saturated carbocycles. The van der Waals surface area contributed by atoms with E-state index in [0.717, 1.165) is 21.3 Å². The minimum atomic E-state index is -0.440. The number of benzene rings is 2. The highest BCUT2D eigenvalue weighted by Crippen LogP contribution is 2.25. The molecule has 21 heavy (non-hydrogen) atoms. The van der Waals surface area contributed by atoms with Gasteiger partial charge < -0.3 is 10.5 Å². The Morgan fingerprint density at radius 2 is 2.05 bits per heavy atom. The molecule has 0 aliphatic heterocycles. The van der Waals surface area contributed by atoms with Crippen molar-refractivity contribution >= 4 is 27.5 Å². The molecule has 2 nitrogen and oxygen atoms in total. The van der Waals surface area contributed by atoms with Gasteiger partial charge in [0.1, 0.15) is 18.2 Å². The molecule has 5 heteroatoms. The number of nitrogens with two attached hydrogens (primary N) is 1. The molecule has 2 rings (SSSR count). The summed E-state index contributed by atoms with van der Waals surface area (Å²) in [5.41, 5.74) is 7.60. The number of rotatable bonds is 5. The van der Waals surface area contributed by atoms with Gasteiger partial charge in [0.25, 0.3) is 0 Å². The van der Waals surface area contributed by atoms with Crippen molar-refractivity contribution < 1.29 is 9.13 Å². The second-order valence-electron chi connectivity index (χ2n) is 4.97. The smallest absolute Gasteiger partial charge is 0.142 e. The first-order valence-electron chi connectivity index (χ1n) is 6.56. The summed E-state index contributed by atoms with van der Waals surface area (Å²) in [5, 5.41) is 0.111. The zero-order valence-electron chi connectivity index (χ0n) is 11.6. The third kappa shape index (κ3) is 4.70. The Morgan fingerprint density at radius 3 is 2.71 bits per heavy atom. The van der Waals surface area contributed by atoms with Gasteiger partial charge in [-0.2, -0.15) is 0 Å². The second-order valence-corrected chi connectivity index (χ2v) is 6.29. The zero-order chi connectivity index (χ0) is 15.4. The van der Waals surface area contributed by atoms with Crippen LogP contribution >= 0.6 is 27.5 Å². The largest absolute Gasteiger partial charge is 0.489 e. The molecule has 1 atom stereocenters. The van der Waals surface area contributed by atoms with E-state index in [1.165, 1.54) is 12.1 Å². The van der Waals surface area contributed by atoms with Gasteiger partial charge in [0.15, 0.2) is 0 Å². The summed E-state index contributed by atoms with van der Waals surface area (Å²) >= 11 is 9.10. The monoisotopic (exact) mass is 371 g/mol. The Bertz CT molecular complexity index is 634. The summed E-state index contributed by atoms with van der Waals surface area (Å²) in [5.74, 6) is 0.315. The minimum Gasteiger partial charge on any atom is -0.489 e. The van der Waals surface area contributed by atoms with Crippen LogP contribution in [0.4, 0.5) is 4.39 Å². The van der Waals surface area contributed by atoms with E-state index < -0.39 is 5.82 Å². The molecule has 112 valence electrons. The molecule has 1 unspecified atom stereocenters. The van der Waals surface area contributed by atoms with Gasteiger partial charge in [0.05, 0.1) is 5.02 Å². The number of halogens is 3. The lowest BCUT2D eigenvalue weighted by Crippen LogP contribution is -2.18. The fourth-order valence-corrected chi connectivity index (χ4v) is 2.51. The maximum atomic E-state index is 13.4. The second kappa shape index (κ2) is 7.25. The summed E-state index contributed by atoms with van der Waals surface area (Å²) in [4.78, 5) is 0. The number of ether oxygens (including phenoxy) is 1. The van der Waals surface area contributed by atoms with Gasteiger partial charge in [0.2, 0.25) is 0 Å². The summed E-state index contributed by atoms with van der Waals surface area (Å²) in [7, 11) is 0. The van der Waals surface area contributed by atoms with E-state index in [1.54, 1.807) is 6.07 Å². The van der Waals surface area contributed by atoms with E-state index in [9.17, 15) is 4.39 Å². The normalized spacial score (nSPS) is 12.2. The third-order valence-corrected chi connectivity index (χ3v) is 3.74. The first-order chi connectivity index (χ1) is 9.95. The standard InChI is InChI=1S/C16H16BrClFNO/c1-10(20)6-12-8-13(17)3-5-16(12)21-9-11-2-4-14(18)15(19)7-11/h2-5,7-8,10H,6,9,20H2,1H3. The molecule has 0 fully saturated rings. The van der Waals surface area contributed by atoms with Crippen LogP contribution in [0.1, 0.15) is 18.1 Å². The third-order valence-electron chi connectivity index (χ3n) is 2.94. The molecular formula is C16H16BrClFNO. The first kappa shape index (κ1) is 16.3. The van der Waals surface area contributed by atoms with Gasteiger partial charge in [-0.15, -0.1) is 0 Å². The first-order valence-corrected chi connectivity index (χ1v) is 7.73. The summed E-state index contributed by atoms with van der Waals surface area (Å²) < 4.78 is 20.2. The van der Waals surface area contributed by atoms with Gasteiger partial charge in [-0.05, 0) is 54.8 Å². The van der Waals surface area contributed by atoms with E-state index >= 15 is 0 Å². The van der Waals surface area contributed by atoms with E-state index in [4.69, 9.17) is 22.1 Å². The average Bonchev–Trinajstić information content (AvgIpc) is 2.41. The zero-order valence-corrected chi connectivity index (χ0v) is 13.9. The molecule has 0 radical (unpaired) electrons. The summed E-state index contributed by atoms with van der Waals surface area (Å²) in [6.45, 7) is 2.22. The molecule has 0 saturated heterocycles. The fraction of sp³-hybridized carbons (Fsp3) is 0.250. The molecule has 0 aliphatic rings. The van der Waals surface area contributed by atoms with Crippen LogP contribution in [0.15, 0.2) is 40.9 Å². The Kier molecular flexibility index (Phi) is 5.62. The lowest BCUT2D eigenvalue weighted by molar-refractivity contribution is 0.301. The quantitative estimate of drug-likeness (QED) is 0.825. The number of hydrogen-bond acceptors (Lipinski definition) is 2. The highest BCUT2D eigenvalue weighted by atomic mass is 79.9. The van der Waals surface area contributed by atoms with Crippen LogP contribution in [0.3, 0.4) is 0 Å². The van der Waals surface area contributed by atoms with Crippen molar-refractivity contribution in [3.8, 4) is 5.75 Å². The van der Waals surface area contributed by atoms with Gasteiger partial charge in [-0.3, -0.25) is 0 Å². The molecule has 2 N–H and O–H groups in total. The van der Waals surface area contributed by atoms with Crippen molar-refractivity contribution in [2.24, 2.45) is 5.73 Å². The van der Waals surface area contributed by atoms with E-state index in [2.05, 4.69) is 15.9 Å². The summed E-state index contributed by atoms with van der Waals surface area (Å²) in [6, 6.07) is 10.5. The van der Waals surface area contributed by atoms with Crippen LogP contribution in [0.2, 0.25) is 5.02 Å². The molecule has 2 aromatic rings.